The highest BCUT2D eigenvalue weighted by Gasteiger charge is 2.19. The highest BCUT2D eigenvalue weighted by Crippen LogP contribution is 2.36. The average Bonchev–Trinajstić information content (AvgIpc) is 2.56. The number of esters is 1. The molecule has 4 nitrogen and oxygen atoms in total. The summed E-state index contributed by atoms with van der Waals surface area (Å²) in [4.78, 5) is 12.3. The Morgan fingerprint density at radius 3 is 2.27 bits per heavy atom. The SMILES string of the molecule is COc1cc(C(=O)Oc2ccccc2)c(O)c2ccccc12. The zero-order valence-corrected chi connectivity index (χ0v) is 11.9. The topological polar surface area (TPSA) is 55.8 Å². The van der Waals surface area contributed by atoms with Crippen molar-refractivity contribution in [2.45, 2.75) is 0 Å². The molecule has 0 heterocycles. The summed E-state index contributed by atoms with van der Waals surface area (Å²) in [7, 11) is 1.52. The maximum atomic E-state index is 12.3. The number of hydrogen-bond acceptors (Lipinski definition) is 4. The summed E-state index contributed by atoms with van der Waals surface area (Å²) in [6.45, 7) is 0. The lowest BCUT2D eigenvalue weighted by Gasteiger charge is -2.11. The average molecular weight is 294 g/mol. The number of methoxy groups -OCH3 is 1. The maximum Gasteiger partial charge on any atom is 0.347 e. The molecule has 0 spiro atoms. The molecule has 1 N–H and O–H groups in total. The summed E-state index contributed by atoms with van der Waals surface area (Å²) in [6.07, 6.45) is 0. The summed E-state index contributed by atoms with van der Waals surface area (Å²) >= 11 is 0. The Labute approximate surface area is 127 Å². The fourth-order valence-corrected chi connectivity index (χ4v) is 2.30. The van der Waals surface area contributed by atoms with Gasteiger partial charge in [0.25, 0.3) is 0 Å². The summed E-state index contributed by atoms with van der Waals surface area (Å²) in [6, 6.07) is 17.4. The number of carbonyl (C=O) groups is 1. The molecule has 0 atom stereocenters. The molecule has 22 heavy (non-hydrogen) atoms. The fourth-order valence-electron chi connectivity index (χ4n) is 2.30. The number of ether oxygens (including phenoxy) is 2. The molecule has 0 fully saturated rings. The normalized spacial score (nSPS) is 10.4. The highest BCUT2D eigenvalue weighted by atomic mass is 16.5. The quantitative estimate of drug-likeness (QED) is 0.590. The first-order valence-electron chi connectivity index (χ1n) is 6.76. The molecule has 110 valence electrons. The van der Waals surface area contributed by atoms with E-state index in [2.05, 4.69) is 0 Å². The van der Waals surface area contributed by atoms with Crippen molar-refractivity contribution in [2.75, 3.05) is 7.11 Å². The van der Waals surface area contributed by atoms with E-state index in [4.69, 9.17) is 9.47 Å². The molecule has 0 saturated carbocycles. The van der Waals surface area contributed by atoms with Gasteiger partial charge < -0.3 is 14.6 Å². The van der Waals surface area contributed by atoms with Crippen LogP contribution in [-0.4, -0.2) is 18.2 Å². The van der Waals surface area contributed by atoms with E-state index >= 15 is 0 Å². The molecule has 4 heteroatoms. The van der Waals surface area contributed by atoms with Crippen molar-refractivity contribution in [2.24, 2.45) is 0 Å². The second-order valence-corrected chi connectivity index (χ2v) is 4.72. The molecule has 0 saturated heterocycles. The van der Waals surface area contributed by atoms with Crippen molar-refractivity contribution in [3.8, 4) is 17.2 Å². The lowest BCUT2D eigenvalue weighted by atomic mass is 10.0. The van der Waals surface area contributed by atoms with E-state index in [-0.39, 0.29) is 11.3 Å². The molecule has 0 aliphatic carbocycles. The van der Waals surface area contributed by atoms with E-state index in [1.807, 2.05) is 18.2 Å². The van der Waals surface area contributed by atoms with Gasteiger partial charge in [0.2, 0.25) is 0 Å². The van der Waals surface area contributed by atoms with E-state index in [0.717, 1.165) is 5.39 Å². The second kappa shape index (κ2) is 5.77. The number of benzene rings is 3. The third-order valence-electron chi connectivity index (χ3n) is 3.37. The van der Waals surface area contributed by atoms with E-state index in [1.165, 1.54) is 13.2 Å². The number of rotatable bonds is 3. The van der Waals surface area contributed by atoms with Crippen molar-refractivity contribution in [3.63, 3.8) is 0 Å². The Bertz CT molecular complexity index is 825. The molecule has 0 bridgehead atoms. The smallest absolute Gasteiger partial charge is 0.347 e. The van der Waals surface area contributed by atoms with Gasteiger partial charge in [0, 0.05) is 10.8 Å². The van der Waals surface area contributed by atoms with Gasteiger partial charge in [-0.05, 0) is 18.2 Å². The van der Waals surface area contributed by atoms with Crippen LogP contribution in [0.5, 0.6) is 17.2 Å². The third kappa shape index (κ3) is 2.46. The predicted molar refractivity (Wildman–Crippen MR) is 83.6 cm³/mol. The lowest BCUT2D eigenvalue weighted by molar-refractivity contribution is 0.0731. The van der Waals surface area contributed by atoms with Gasteiger partial charge in [-0.15, -0.1) is 0 Å². The van der Waals surface area contributed by atoms with Gasteiger partial charge in [-0.3, -0.25) is 0 Å². The van der Waals surface area contributed by atoms with Gasteiger partial charge in [-0.25, -0.2) is 4.79 Å². The molecule has 0 aliphatic rings. The molecule has 3 aromatic rings. The number of carbonyl (C=O) groups excluding carboxylic acids is 1. The monoisotopic (exact) mass is 294 g/mol. The van der Waals surface area contributed by atoms with Crippen molar-refractivity contribution < 1.29 is 19.4 Å². The van der Waals surface area contributed by atoms with Gasteiger partial charge in [-0.1, -0.05) is 42.5 Å². The Morgan fingerprint density at radius 2 is 1.59 bits per heavy atom. The molecule has 3 aromatic carbocycles. The van der Waals surface area contributed by atoms with Gasteiger partial charge in [-0.2, -0.15) is 0 Å². The minimum atomic E-state index is -0.632. The number of hydrogen-bond donors (Lipinski definition) is 1. The molecule has 0 amide bonds. The van der Waals surface area contributed by atoms with Crippen LogP contribution in [0.2, 0.25) is 0 Å². The van der Waals surface area contributed by atoms with Crippen LogP contribution in [0.15, 0.2) is 60.7 Å². The Balaban J connectivity index is 2.07. The van der Waals surface area contributed by atoms with Gasteiger partial charge in [0.15, 0.2) is 0 Å². The van der Waals surface area contributed by atoms with Crippen molar-refractivity contribution in [1.29, 1.82) is 0 Å². The molecule has 3 rings (SSSR count). The minimum absolute atomic E-state index is 0.0689. The van der Waals surface area contributed by atoms with Crippen LogP contribution in [0.1, 0.15) is 10.4 Å². The van der Waals surface area contributed by atoms with E-state index in [1.54, 1.807) is 36.4 Å². The van der Waals surface area contributed by atoms with Crippen molar-refractivity contribution in [1.82, 2.24) is 0 Å². The number of phenolic OH excluding ortho intramolecular Hbond substituents is 1. The zero-order valence-electron chi connectivity index (χ0n) is 11.9. The van der Waals surface area contributed by atoms with E-state index in [0.29, 0.717) is 16.9 Å². The van der Waals surface area contributed by atoms with Gasteiger partial charge >= 0.3 is 5.97 Å². The maximum absolute atomic E-state index is 12.3. The first-order chi connectivity index (χ1) is 10.7. The van der Waals surface area contributed by atoms with Crippen LogP contribution in [0.25, 0.3) is 10.8 Å². The first kappa shape index (κ1) is 13.9. The summed E-state index contributed by atoms with van der Waals surface area (Å²) in [5, 5.41) is 11.6. The summed E-state index contributed by atoms with van der Waals surface area (Å²) in [5.74, 6) is 0.178. The molecular weight excluding hydrogens is 280 g/mol. The molecule has 0 unspecified atom stereocenters. The standard InChI is InChI=1S/C18H14O4/c1-21-16-11-15(17(19)14-10-6-5-9-13(14)16)18(20)22-12-7-3-2-4-8-12/h2-11,19H,1H3. The van der Waals surface area contributed by atoms with E-state index in [9.17, 15) is 9.90 Å². The number of aromatic hydroxyl groups is 1. The zero-order chi connectivity index (χ0) is 15.5. The largest absolute Gasteiger partial charge is 0.506 e. The highest BCUT2D eigenvalue weighted by molar-refractivity contribution is 6.04. The van der Waals surface area contributed by atoms with Gasteiger partial charge in [0.05, 0.1) is 7.11 Å². The predicted octanol–water partition coefficient (Wildman–Crippen LogP) is 3.77. The molecule has 0 aliphatic heterocycles. The number of fused-ring (bicyclic) bond motifs is 1. The Morgan fingerprint density at radius 1 is 0.955 bits per heavy atom. The lowest BCUT2D eigenvalue weighted by Crippen LogP contribution is -2.09. The number of phenols is 1. The minimum Gasteiger partial charge on any atom is -0.506 e. The second-order valence-electron chi connectivity index (χ2n) is 4.72. The Kier molecular flexibility index (Phi) is 3.66. The number of para-hydroxylation sites is 1. The van der Waals surface area contributed by atoms with Crippen LogP contribution in [0.4, 0.5) is 0 Å². The van der Waals surface area contributed by atoms with E-state index < -0.39 is 5.97 Å². The van der Waals surface area contributed by atoms with Crippen molar-refractivity contribution >= 4 is 16.7 Å². The summed E-state index contributed by atoms with van der Waals surface area (Å²) < 4.78 is 10.6. The van der Waals surface area contributed by atoms with Crippen LogP contribution in [0, 0.1) is 0 Å². The van der Waals surface area contributed by atoms with Crippen LogP contribution >= 0.6 is 0 Å². The van der Waals surface area contributed by atoms with Crippen LogP contribution in [-0.2, 0) is 0 Å². The molecule has 0 aromatic heterocycles. The fraction of sp³-hybridized carbons (Fsp3) is 0.0556. The van der Waals surface area contributed by atoms with Crippen LogP contribution in [0.3, 0.4) is 0 Å². The van der Waals surface area contributed by atoms with Crippen LogP contribution < -0.4 is 9.47 Å². The first-order valence-corrected chi connectivity index (χ1v) is 6.76. The van der Waals surface area contributed by atoms with Gasteiger partial charge in [0.1, 0.15) is 22.8 Å². The summed E-state index contributed by atoms with van der Waals surface area (Å²) in [5.41, 5.74) is 0.0689. The molecule has 0 radical (unpaired) electrons. The molecular formula is C18H14O4. The third-order valence-corrected chi connectivity index (χ3v) is 3.37. The van der Waals surface area contributed by atoms with Crippen molar-refractivity contribution in [3.05, 3.63) is 66.2 Å². The Hall–Kier alpha value is -3.01.